The monoisotopic (exact) mass is 409 g/mol. The highest BCUT2D eigenvalue weighted by molar-refractivity contribution is 6.11. The first-order valence-electron chi connectivity index (χ1n) is 11.3. The van der Waals surface area contributed by atoms with Crippen LogP contribution in [-0.4, -0.2) is 4.98 Å². The predicted octanol–water partition coefficient (Wildman–Crippen LogP) is 8.45. The highest BCUT2D eigenvalue weighted by Crippen LogP contribution is 2.52. The Kier molecular flexibility index (Phi) is 3.40. The molecule has 0 amide bonds. The summed E-state index contributed by atoms with van der Waals surface area (Å²) in [6.07, 6.45) is 0. The van der Waals surface area contributed by atoms with Gasteiger partial charge < -0.3 is 4.98 Å². The molecule has 32 heavy (non-hydrogen) atoms. The summed E-state index contributed by atoms with van der Waals surface area (Å²) in [6.45, 7) is 4.73. The Morgan fingerprint density at radius 3 is 2.22 bits per heavy atom. The van der Waals surface area contributed by atoms with Crippen molar-refractivity contribution in [2.45, 2.75) is 19.3 Å². The normalized spacial score (nSPS) is 14.2. The molecule has 7 rings (SSSR count). The highest BCUT2D eigenvalue weighted by Gasteiger charge is 2.37. The third kappa shape index (κ3) is 2.28. The fourth-order valence-electron chi connectivity index (χ4n) is 5.80. The molecule has 0 bridgehead atoms. The van der Waals surface area contributed by atoms with Gasteiger partial charge in [0.25, 0.3) is 0 Å². The van der Waals surface area contributed by atoms with Crippen molar-refractivity contribution in [3.05, 3.63) is 108 Å². The molecule has 1 heterocycles. The van der Waals surface area contributed by atoms with Crippen LogP contribution in [0.25, 0.3) is 54.8 Å². The first-order chi connectivity index (χ1) is 15.6. The van der Waals surface area contributed by atoms with E-state index in [1.807, 2.05) is 0 Å². The number of aromatic nitrogens is 1. The molecule has 0 atom stereocenters. The van der Waals surface area contributed by atoms with Crippen molar-refractivity contribution in [1.82, 2.24) is 4.98 Å². The summed E-state index contributed by atoms with van der Waals surface area (Å²) in [6, 6.07) is 35.6. The van der Waals surface area contributed by atoms with Crippen molar-refractivity contribution in [1.29, 1.82) is 0 Å². The van der Waals surface area contributed by atoms with Crippen molar-refractivity contribution in [2.75, 3.05) is 0 Å². The summed E-state index contributed by atoms with van der Waals surface area (Å²) in [5, 5.41) is 5.27. The molecule has 152 valence electrons. The molecule has 1 aliphatic rings. The lowest BCUT2D eigenvalue weighted by Crippen LogP contribution is -2.15. The average Bonchev–Trinajstić information content (AvgIpc) is 3.30. The summed E-state index contributed by atoms with van der Waals surface area (Å²) in [5.74, 6) is 0. The lowest BCUT2D eigenvalue weighted by atomic mass is 9.80. The van der Waals surface area contributed by atoms with Crippen LogP contribution in [0.4, 0.5) is 0 Å². The largest absolute Gasteiger partial charge is 0.355 e. The lowest BCUT2D eigenvalue weighted by Gasteiger charge is -2.23. The first-order valence-corrected chi connectivity index (χ1v) is 11.3. The van der Waals surface area contributed by atoms with Crippen LogP contribution in [0, 0.1) is 0 Å². The average molecular weight is 410 g/mol. The van der Waals surface area contributed by atoms with Crippen LogP contribution in [0.15, 0.2) is 97.1 Å². The van der Waals surface area contributed by atoms with Gasteiger partial charge in [-0.25, -0.2) is 0 Å². The quantitative estimate of drug-likeness (QED) is 0.280. The Labute approximate surface area is 187 Å². The van der Waals surface area contributed by atoms with Gasteiger partial charge in [-0.15, -0.1) is 0 Å². The number of aromatic amines is 1. The van der Waals surface area contributed by atoms with E-state index in [-0.39, 0.29) is 5.41 Å². The maximum absolute atomic E-state index is 3.69. The Morgan fingerprint density at radius 1 is 0.562 bits per heavy atom. The van der Waals surface area contributed by atoms with Gasteiger partial charge in [-0.1, -0.05) is 86.6 Å². The van der Waals surface area contributed by atoms with E-state index in [0.717, 1.165) is 0 Å². The summed E-state index contributed by atoms with van der Waals surface area (Å²) in [7, 11) is 0. The topological polar surface area (TPSA) is 15.8 Å². The summed E-state index contributed by atoms with van der Waals surface area (Å²) in [4.78, 5) is 3.69. The molecule has 0 radical (unpaired) electrons. The van der Waals surface area contributed by atoms with Crippen LogP contribution in [0.5, 0.6) is 0 Å². The molecule has 0 aliphatic heterocycles. The number of H-pyrrole nitrogens is 1. The van der Waals surface area contributed by atoms with Crippen LogP contribution in [0.3, 0.4) is 0 Å². The fraction of sp³-hybridized carbons (Fsp3) is 0.0968. The third-order valence-corrected chi connectivity index (χ3v) is 7.36. The predicted molar refractivity (Wildman–Crippen MR) is 136 cm³/mol. The number of rotatable bonds is 1. The third-order valence-electron chi connectivity index (χ3n) is 7.36. The Hall–Kier alpha value is -3.84. The minimum absolute atomic E-state index is 0.0355. The van der Waals surface area contributed by atoms with Crippen molar-refractivity contribution < 1.29 is 0 Å². The zero-order valence-electron chi connectivity index (χ0n) is 18.2. The SMILES string of the molecule is CC1(C)c2cc3[nH]c4ccc(-c5ccccc5)cc4c3cc2-c2ccc3ccccc3c21. The Bertz CT molecular complexity index is 1680. The van der Waals surface area contributed by atoms with E-state index >= 15 is 0 Å². The first kappa shape index (κ1) is 17.8. The van der Waals surface area contributed by atoms with Gasteiger partial charge in [0.1, 0.15) is 0 Å². The molecular weight excluding hydrogens is 386 g/mol. The van der Waals surface area contributed by atoms with Crippen LogP contribution in [-0.2, 0) is 5.41 Å². The molecule has 0 spiro atoms. The van der Waals surface area contributed by atoms with Crippen molar-refractivity contribution in [2.24, 2.45) is 0 Å². The van der Waals surface area contributed by atoms with Gasteiger partial charge in [-0.05, 0) is 68.4 Å². The lowest BCUT2D eigenvalue weighted by molar-refractivity contribution is 0.667. The highest BCUT2D eigenvalue weighted by atomic mass is 14.7. The number of hydrogen-bond acceptors (Lipinski definition) is 0. The van der Waals surface area contributed by atoms with E-state index in [4.69, 9.17) is 0 Å². The Balaban J connectivity index is 1.53. The molecular formula is C31H23N. The molecule has 1 nitrogen and oxygen atoms in total. The molecule has 1 N–H and O–H groups in total. The number of fused-ring (bicyclic) bond motifs is 8. The zero-order chi connectivity index (χ0) is 21.4. The van der Waals surface area contributed by atoms with Gasteiger partial charge in [-0.3, -0.25) is 0 Å². The molecule has 6 aromatic rings. The fourth-order valence-corrected chi connectivity index (χ4v) is 5.80. The summed E-state index contributed by atoms with van der Waals surface area (Å²) >= 11 is 0. The van der Waals surface area contributed by atoms with Crippen LogP contribution in [0.1, 0.15) is 25.0 Å². The summed E-state index contributed by atoms with van der Waals surface area (Å²) < 4.78 is 0. The standard InChI is InChI=1S/C31H23N/c1-31(2)27-18-29-26(17-24(27)23-14-12-20-10-6-7-11-22(20)30(23)31)25-16-21(13-15-28(25)32-29)19-8-4-3-5-9-19/h3-18,32H,1-2H3. The minimum atomic E-state index is -0.0355. The van der Waals surface area contributed by atoms with Crippen LogP contribution < -0.4 is 0 Å². The minimum Gasteiger partial charge on any atom is -0.355 e. The van der Waals surface area contributed by atoms with E-state index in [0.29, 0.717) is 0 Å². The second-order valence-corrected chi connectivity index (χ2v) is 9.53. The van der Waals surface area contributed by atoms with Gasteiger partial charge in [0, 0.05) is 27.2 Å². The van der Waals surface area contributed by atoms with E-state index in [2.05, 4.69) is 116 Å². The zero-order valence-corrected chi connectivity index (χ0v) is 18.2. The van der Waals surface area contributed by atoms with E-state index < -0.39 is 0 Å². The maximum Gasteiger partial charge on any atom is 0.0468 e. The molecule has 0 saturated heterocycles. The number of benzene rings is 5. The van der Waals surface area contributed by atoms with E-state index in [1.165, 1.54) is 66.0 Å². The molecule has 5 aromatic carbocycles. The van der Waals surface area contributed by atoms with Gasteiger partial charge in [0.15, 0.2) is 0 Å². The molecule has 1 aliphatic carbocycles. The number of hydrogen-bond donors (Lipinski definition) is 1. The molecule has 1 heteroatoms. The second kappa shape index (κ2) is 6.11. The Morgan fingerprint density at radius 2 is 1.34 bits per heavy atom. The summed E-state index contributed by atoms with van der Waals surface area (Å²) in [5.41, 5.74) is 10.5. The van der Waals surface area contributed by atoms with Crippen LogP contribution in [0.2, 0.25) is 0 Å². The van der Waals surface area contributed by atoms with E-state index in [9.17, 15) is 0 Å². The van der Waals surface area contributed by atoms with Crippen molar-refractivity contribution in [3.8, 4) is 22.3 Å². The number of nitrogens with one attached hydrogen (secondary N) is 1. The van der Waals surface area contributed by atoms with Crippen molar-refractivity contribution in [3.63, 3.8) is 0 Å². The van der Waals surface area contributed by atoms with Gasteiger partial charge in [0.05, 0.1) is 0 Å². The molecule has 0 saturated carbocycles. The van der Waals surface area contributed by atoms with Gasteiger partial charge >= 0.3 is 0 Å². The smallest absolute Gasteiger partial charge is 0.0468 e. The van der Waals surface area contributed by atoms with Gasteiger partial charge in [0.2, 0.25) is 0 Å². The van der Waals surface area contributed by atoms with E-state index in [1.54, 1.807) is 0 Å². The molecule has 0 fully saturated rings. The van der Waals surface area contributed by atoms with Gasteiger partial charge in [-0.2, -0.15) is 0 Å². The molecule has 1 aromatic heterocycles. The molecule has 0 unspecified atom stereocenters. The van der Waals surface area contributed by atoms with Crippen LogP contribution >= 0.6 is 0 Å². The van der Waals surface area contributed by atoms with Crippen molar-refractivity contribution >= 4 is 32.6 Å². The second-order valence-electron chi connectivity index (χ2n) is 9.53. The maximum atomic E-state index is 3.69.